The Bertz CT molecular complexity index is 545. The minimum absolute atomic E-state index is 0.130. The number of thiazole rings is 1. The lowest BCUT2D eigenvalue weighted by Crippen LogP contribution is -2.11. The molecule has 0 atom stereocenters. The molecule has 0 aliphatic rings. The number of hydrogen-bond acceptors (Lipinski definition) is 7. The smallest absolute Gasteiger partial charge is 0.202 e. The molecule has 2 heterocycles. The average molecular weight is 312 g/mol. The molecule has 2 rings (SSSR count). The summed E-state index contributed by atoms with van der Waals surface area (Å²) in [6, 6.07) is 0. The highest BCUT2D eigenvalue weighted by atomic mass is 32.1. The van der Waals surface area contributed by atoms with E-state index < -0.39 is 0 Å². The van der Waals surface area contributed by atoms with Gasteiger partial charge in [0, 0.05) is 42.4 Å². The van der Waals surface area contributed by atoms with Gasteiger partial charge in [-0.2, -0.15) is 4.37 Å². The van der Waals surface area contributed by atoms with E-state index in [9.17, 15) is 0 Å². The third-order valence-corrected chi connectivity index (χ3v) is 4.62. The van der Waals surface area contributed by atoms with E-state index >= 15 is 0 Å². The van der Waals surface area contributed by atoms with Gasteiger partial charge in [0.15, 0.2) is 5.82 Å². The van der Waals surface area contributed by atoms with Crippen LogP contribution < -0.4 is 5.32 Å². The molecule has 2 aromatic rings. The highest BCUT2D eigenvalue weighted by Gasteiger charge is 2.17. The van der Waals surface area contributed by atoms with Crippen molar-refractivity contribution in [2.24, 2.45) is 0 Å². The van der Waals surface area contributed by atoms with Gasteiger partial charge < -0.3 is 10.1 Å². The van der Waals surface area contributed by atoms with Gasteiger partial charge in [0.05, 0.1) is 10.7 Å². The Labute approximate surface area is 127 Å². The first-order chi connectivity index (χ1) is 9.49. The molecular formula is C13H20N4OS2. The first-order valence-electron chi connectivity index (χ1n) is 6.49. The van der Waals surface area contributed by atoms with Crippen LogP contribution in [0.4, 0.5) is 5.13 Å². The maximum absolute atomic E-state index is 4.99. The summed E-state index contributed by atoms with van der Waals surface area (Å²) >= 11 is 3.10. The molecule has 0 bridgehead atoms. The number of aromatic nitrogens is 3. The number of nitrogens with zero attached hydrogens (tertiary/aromatic N) is 3. The molecule has 1 N–H and O–H groups in total. The van der Waals surface area contributed by atoms with E-state index in [1.807, 2.05) is 0 Å². The van der Waals surface area contributed by atoms with Crippen LogP contribution in [0.5, 0.6) is 0 Å². The van der Waals surface area contributed by atoms with Crippen LogP contribution >= 0.6 is 22.9 Å². The zero-order valence-electron chi connectivity index (χ0n) is 12.3. The quantitative estimate of drug-likeness (QED) is 0.888. The molecule has 0 radical (unpaired) electrons. The molecule has 5 nitrogen and oxygen atoms in total. The highest BCUT2D eigenvalue weighted by Crippen LogP contribution is 2.25. The van der Waals surface area contributed by atoms with Crippen LogP contribution in [0.1, 0.15) is 37.3 Å². The van der Waals surface area contributed by atoms with Gasteiger partial charge >= 0.3 is 0 Å². The monoisotopic (exact) mass is 312 g/mol. The first-order valence-corrected chi connectivity index (χ1v) is 8.14. The molecule has 0 spiro atoms. The third-order valence-electron chi connectivity index (χ3n) is 2.59. The molecule has 0 aromatic carbocycles. The molecule has 7 heteroatoms. The summed E-state index contributed by atoms with van der Waals surface area (Å²) in [7, 11) is 1.64. The Morgan fingerprint density at radius 2 is 2.10 bits per heavy atom. The van der Waals surface area contributed by atoms with Crippen molar-refractivity contribution in [2.75, 3.05) is 19.0 Å². The van der Waals surface area contributed by atoms with Gasteiger partial charge in [-0.1, -0.05) is 20.8 Å². The maximum Gasteiger partial charge on any atom is 0.202 e. The second kappa shape index (κ2) is 6.60. The van der Waals surface area contributed by atoms with Crippen molar-refractivity contribution in [3.05, 3.63) is 21.9 Å². The largest absolute Gasteiger partial charge is 0.377 e. The van der Waals surface area contributed by atoms with Crippen LogP contribution in [0.25, 0.3) is 0 Å². The maximum atomic E-state index is 4.99. The molecule has 20 heavy (non-hydrogen) atoms. The lowest BCUT2D eigenvalue weighted by atomic mass is 9.98. The normalized spacial score (nSPS) is 11.8. The molecular weight excluding hydrogens is 292 g/mol. The molecule has 0 amide bonds. The summed E-state index contributed by atoms with van der Waals surface area (Å²) in [5, 5.41) is 7.43. The van der Waals surface area contributed by atoms with Gasteiger partial charge in [-0.25, -0.2) is 9.97 Å². The van der Waals surface area contributed by atoms with E-state index in [4.69, 9.17) is 4.74 Å². The minimum Gasteiger partial charge on any atom is -0.377 e. The second-order valence-electron chi connectivity index (χ2n) is 5.52. The van der Waals surface area contributed by atoms with Crippen LogP contribution in [0.15, 0.2) is 5.38 Å². The van der Waals surface area contributed by atoms with Crippen molar-refractivity contribution in [2.45, 2.75) is 39.2 Å². The van der Waals surface area contributed by atoms with Crippen molar-refractivity contribution >= 4 is 28.0 Å². The predicted octanol–water partition coefficient (Wildman–Crippen LogP) is 3.09. The molecule has 0 saturated heterocycles. The topological polar surface area (TPSA) is 59.9 Å². The Morgan fingerprint density at radius 3 is 2.75 bits per heavy atom. The molecule has 110 valence electrons. The zero-order valence-corrected chi connectivity index (χ0v) is 13.9. The van der Waals surface area contributed by atoms with E-state index in [-0.39, 0.29) is 5.41 Å². The van der Waals surface area contributed by atoms with E-state index in [1.54, 1.807) is 18.4 Å². The molecule has 0 saturated carbocycles. The van der Waals surface area contributed by atoms with Gasteiger partial charge in [0.2, 0.25) is 5.13 Å². The summed E-state index contributed by atoms with van der Waals surface area (Å²) in [6.07, 6.45) is 0.895. The molecule has 0 aliphatic heterocycles. The van der Waals surface area contributed by atoms with Gasteiger partial charge in [-0.05, 0) is 0 Å². The minimum atomic E-state index is 0.130. The SMILES string of the molecule is COCc1nsc(NCCc2csc(C(C)(C)C)n2)n1. The number of methoxy groups -OCH3 is 1. The van der Waals surface area contributed by atoms with Crippen molar-refractivity contribution in [1.29, 1.82) is 0 Å². The number of ether oxygens (including phenoxy) is 1. The second-order valence-corrected chi connectivity index (χ2v) is 7.13. The summed E-state index contributed by atoms with van der Waals surface area (Å²) in [4.78, 5) is 9.00. The van der Waals surface area contributed by atoms with Crippen molar-refractivity contribution in [1.82, 2.24) is 14.3 Å². The van der Waals surface area contributed by atoms with E-state index in [0.717, 1.165) is 29.6 Å². The van der Waals surface area contributed by atoms with E-state index in [0.29, 0.717) is 6.61 Å². The summed E-state index contributed by atoms with van der Waals surface area (Å²) < 4.78 is 9.19. The molecule has 0 fully saturated rings. The molecule has 0 unspecified atom stereocenters. The predicted molar refractivity (Wildman–Crippen MR) is 83.6 cm³/mol. The number of anilines is 1. The lowest BCUT2D eigenvalue weighted by molar-refractivity contribution is 0.179. The van der Waals surface area contributed by atoms with Gasteiger partial charge in [0.25, 0.3) is 0 Å². The number of nitrogens with one attached hydrogen (secondary N) is 1. The van der Waals surface area contributed by atoms with Crippen LogP contribution in [0, 0.1) is 0 Å². The van der Waals surface area contributed by atoms with Crippen LogP contribution in [0.2, 0.25) is 0 Å². The van der Waals surface area contributed by atoms with Gasteiger partial charge in [-0.15, -0.1) is 11.3 Å². The summed E-state index contributed by atoms with van der Waals surface area (Å²) in [5.74, 6) is 0.726. The molecule has 2 aromatic heterocycles. The van der Waals surface area contributed by atoms with Crippen molar-refractivity contribution in [3.63, 3.8) is 0 Å². The fraction of sp³-hybridized carbons (Fsp3) is 0.615. The van der Waals surface area contributed by atoms with Crippen molar-refractivity contribution < 1.29 is 4.74 Å². The van der Waals surface area contributed by atoms with Gasteiger partial charge in [0.1, 0.15) is 6.61 Å². The fourth-order valence-corrected chi connectivity index (χ4v) is 3.12. The van der Waals surface area contributed by atoms with Crippen LogP contribution in [0.3, 0.4) is 0 Å². The Kier molecular flexibility index (Phi) is 5.06. The Balaban J connectivity index is 1.82. The van der Waals surface area contributed by atoms with Gasteiger partial charge in [-0.3, -0.25) is 0 Å². The Morgan fingerprint density at radius 1 is 1.30 bits per heavy atom. The third kappa shape index (κ3) is 4.22. The van der Waals surface area contributed by atoms with Crippen LogP contribution in [-0.4, -0.2) is 28.0 Å². The highest BCUT2D eigenvalue weighted by molar-refractivity contribution is 7.10. The average Bonchev–Trinajstić information content (AvgIpc) is 2.98. The van der Waals surface area contributed by atoms with E-state index in [1.165, 1.54) is 16.5 Å². The number of hydrogen-bond donors (Lipinski definition) is 1. The van der Waals surface area contributed by atoms with Crippen molar-refractivity contribution in [3.8, 4) is 0 Å². The van der Waals surface area contributed by atoms with Crippen LogP contribution in [-0.2, 0) is 23.2 Å². The fourth-order valence-electron chi connectivity index (χ4n) is 1.58. The Hall–Kier alpha value is -1.05. The molecule has 0 aliphatic carbocycles. The summed E-state index contributed by atoms with van der Waals surface area (Å²) in [6.45, 7) is 7.83. The standard InChI is InChI=1S/C13H20N4OS2/c1-13(2,3)11-15-9(8-19-11)5-6-14-12-16-10(7-18-4)17-20-12/h8H,5-7H2,1-4H3,(H,14,16,17). The number of rotatable bonds is 6. The summed E-state index contributed by atoms with van der Waals surface area (Å²) in [5.41, 5.74) is 1.26. The zero-order chi connectivity index (χ0) is 14.6. The lowest BCUT2D eigenvalue weighted by Gasteiger charge is -2.13. The van der Waals surface area contributed by atoms with E-state index in [2.05, 4.69) is 45.8 Å². The first kappa shape index (κ1) is 15.3.